The van der Waals surface area contributed by atoms with Gasteiger partial charge in [0.2, 0.25) is 5.91 Å². The monoisotopic (exact) mass is 269 g/mol. The topological polar surface area (TPSA) is 29.1 Å². The Balaban J connectivity index is 2.89. The second-order valence-electron chi connectivity index (χ2n) is 4.14. The van der Waals surface area contributed by atoms with E-state index in [1.165, 1.54) is 12.5 Å². The number of benzene rings is 1. The van der Waals surface area contributed by atoms with Crippen molar-refractivity contribution in [3.8, 4) is 0 Å². The molecule has 15 heavy (non-hydrogen) atoms. The Kier molecular flexibility index (Phi) is 3.91. The summed E-state index contributed by atoms with van der Waals surface area (Å²) in [7, 11) is 0. The van der Waals surface area contributed by atoms with Crippen LogP contribution in [-0.2, 0) is 15.7 Å². The van der Waals surface area contributed by atoms with Gasteiger partial charge in [0, 0.05) is 12.3 Å². The Hall–Kier alpha value is -0.830. The Morgan fingerprint density at radius 3 is 2.27 bits per heavy atom. The molecule has 0 unspecified atom stereocenters. The lowest BCUT2D eigenvalue weighted by molar-refractivity contribution is -0.120. The van der Waals surface area contributed by atoms with Crippen LogP contribution in [0.3, 0.4) is 0 Å². The van der Waals surface area contributed by atoms with Crippen LogP contribution in [0.4, 0.5) is 0 Å². The molecule has 1 aromatic carbocycles. The van der Waals surface area contributed by atoms with E-state index in [1.54, 1.807) is 0 Å². The maximum atomic E-state index is 11.0. The summed E-state index contributed by atoms with van der Waals surface area (Å²) in [6.07, 6.45) is 0. The highest BCUT2D eigenvalue weighted by Crippen LogP contribution is 2.20. The van der Waals surface area contributed by atoms with Crippen LogP contribution in [0, 0.1) is 0 Å². The number of alkyl halides is 1. The smallest absolute Gasteiger partial charge is 0.217 e. The first kappa shape index (κ1) is 12.2. The molecule has 0 aliphatic carbocycles. The first-order chi connectivity index (χ1) is 6.95. The normalized spacial score (nSPS) is 11.2. The van der Waals surface area contributed by atoms with E-state index >= 15 is 0 Å². The quantitative estimate of drug-likeness (QED) is 0.840. The third kappa shape index (κ3) is 3.34. The molecule has 1 rings (SSSR count). The summed E-state index contributed by atoms with van der Waals surface area (Å²) in [6.45, 7) is 5.53. The number of carbonyl (C=O) groups excluding carboxylic acids is 1. The molecule has 0 heterocycles. The maximum Gasteiger partial charge on any atom is 0.217 e. The molecule has 0 bridgehead atoms. The van der Waals surface area contributed by atoms with Crippen molar-refractivity contribution in [3.63, 3.8) is 0 Å². The molecule has 0 aliphatic heterocycles. The summed E-state index contributed by atoms with van der Waals surface area (Å²) in [5.41, 5.74) is 2.04. The second-order valence-corrected chi connectivity index (χ2v) is 4.70. The zero-order valence-corrected chi connectivity index (χ0v) is 10.9. The van der Waals surface area contributed by atoms with Crippen LogP contribution < -0.4 is 5.32 Å². The van der Waals surface area contributed by atoms with Crippen LogP contribution in [0.1, 0.15) is 31.9 Å². The first-order valence-electron chi connectivity index (χ1n) is 4.90. The minimum atomic E-state index is -0.309. The van der Waals surface area contributed by atoms with Crippen molar-refractivity contribution in [3.05, 3.63) is 35.4 Å². The summed E-state index contributed by atoms with van der Waals surface area (Å²) in [6, 6.07) is 8.22. The predicted molar refractivity (Wildman–Crippen MR) is 65.9 cm³/mol. The Morgan fingerprint density at radius 2 is 1.87 bits per heavy atom. The van der Waals surface area contributed by atoms with E-state index in [9.17, 15) is 4.79 Å². The highest BCUT2D eigenvalue weighted by molar-refractivity contribution is 9.08. The third-order valence-electron chi connectivity index (χ3n) is 2.32. The molecule has 0 aromatic heterocycles. The molecule has 82 valence electrons. The van der Waals surface area contributed by atoms with Gasteiger partial charge < -0.3 is 5.32 Å². The standard InChI is InChI=1S/C12H16BrNO/c1-9(15)14-12(2,3)11-6-4-10(8-13)5-7-11/h4-7H,8H2,1-3H3,(H,14,15). The Morgan fingerprint density at radius 1 is 1.33 bits per heavy atom. The van der Waals surface area contributed by atoms with E-state index in [4.69, 9.17) is 0 Å². The number of rotatable bonds is 3. The molecule has 2 nitrogen and oxygen atoms in total. The molecule has 0 aliphatic rings. The Labute approximate surface area is 99.2 Å². The zero-order chi connectivity index (χ0) is 11.5. The lowest BCUT2D eigenvalue weighted by Gasteiger charge is -2.26. The van der Waals surface area contributed by atoms with E-state index in [0.29, 0.717) is 0 Å². The maximum absolute atomic E-state index is 11.0. The van der Waals surface area contributed by atoms with Gasteiger partial charge in [-0.1, -0.05) is 40.2 Å². The summed E-state index contributed by atoms with van der Waals surface area (Å²) in [4.78, 5) is 11.0. The summed E-state index contributed by atoms with van der Waals surface area (Å²) in [5, 5.41) is 3.78. The van der Waals surface area contributed by atoms with Gasteiger partial charge in [-0.15, -0.1) is 0 Å². The van der Waals surface area contributed by atoms with Gasteiger partial charge in [0.05, 0.1) is 5.54 Å². The van der Waals surface area contributed by atoms with Gasteiger partial charge in [-0.05, 0) is 25.0 Å². The number of carbonyl (C=O) groups is 1. The van der Waals surface area contributed by atoms with Crippen molar-refractivity contribution < 1.29 is 4.79 Å². The van der Waals surface area contributed by atoms with Crippen LogP contribution in [-0.4, -0.2) is 5.91 Å². The summed E-state index contributed by atoms with van der Waals surface area (Å²) < 4.78 is 0. The van der Waals surface area contributed by atoms with E-state index in [-0.39, 0.29) is 11.4 Å². The van der Waals surface area contributed by atoms with Crippen molar-refractivity contribution in [2.75, 3.05) is 0 Å². The van der Waals surface area contributed by atoms with Crippen molar-refractivity contribution in [1.82, 2.24) is 5.32 Å². The summed E-state index contributed by atoms with van der Waals surface area (Å²) in [5.74, 6) is -0.00966. The molecule has 0 saturated carbocycles. The van der Waals surface area contributed by atoms with E-state index in [0.717, 1.165) is 10.9 Å². The molecule has 1 N–H and O–H groups in total. The minimum absolute atomic E-state index is 0.00966. The highest BCUT2D eigenvalue weighted by atomic mass is 79.9. The summed E-state index contributed by atoms with van der Waals surface area (Å²) >= 11 is 3.40. The number of halogens is 1. The minimum Gasteiger partial charge on any atom is -0.347 e. The fraction of sp³-hybridized carbons (Fsp3) is 0.417. The van der Waals surface area contributed by atoms with Crippen LogP contribution in [0.2, 0.25) is 0 Å². The van der Waals surface area contributed by atoms with Crippen molar-refractivity contribution in [2.45, 2.75) is 31.6 Å². The lowest BCUT2D eigenvalue weighted by Crippen LogP contribution is -2.39. The molecule has 3 heteroatoms. The average molecular weight is 270 g/mol. The number of hydrogen-bond donors (Lipinski definition) is 1. The van der Waals surface area contributed by atoms with Gasteiger partial charge in [-0.25, -0.2) is 0 Å². The largest absolute Gasteiger partial charge is 0.347 e. The molecule has 0 spiro atoms. The van der Waals surface area contributed by atoms with Gasteiger partial charge in [0.25, 0.3) is 0 Å². The number of hydrogen-bond acceptors (Lipinski definition) is 1. The molecule has 1 amide bonds. The van der Waals surface area contributed by atoms with E-state index in [1.807, 2.05) is 26.0 Å². The lowest BCUT2D eigenvalue weighted by atomic mass is 9.93. The second kappa shape index (κ2) is 4.79. The average Bonchev–Trinajstić information content (AvgIpc) is 2.16. The third-order valence-corrected chi connectivity index (χ3v) is 2.97. The number of nitrogens with one attached hydrogen (secondary N) is 1. The first-order valence-corrected chi connectivity index (χ1v) is 6.02. The van der Waals surface area contributed by atoms with E-state index in [2.05, 4.69) is 33.4 Å². The van der Waals surface area contributed by atoms with Crippen molar-refractivity contribution in [2.24, 2.45) is 0 Å². The van der Waals surface area contributed by atoms with Crippen molar-refractivity contribution in [1.29, 1.82) is 0 Å². The molecular weight excluding hydrogens is 254 g/mol. The molecule has 0 saturated heterocycles. The Bertz CT molecular complexity index is 343. The fourth-order valence-corrected chi connectivity index (χ4v) is 1.90. The molecule has 1 aromatic rings. The SMILES string of the molecule is CC(=O)NC(C)(C)c1ccc(CBr)cc1. The highest BCUT2D eigenvalue weighted by Gasteiger charge is 2.20. The van der Waals surface area contributed by atoms with Crippen LogP contribution >= 0.6 is 15.9 Å². The van der Waals surface area contributed by atoms with Gasteiger partial charge in [-0.3, -0.25) is 4.79 Å². The molecule has 0 atom stereocenters. The van der Waals surface area contributed by atoms with Gasteiger partial charge >= 0.3 is 0 Å². The molecular formula is C12H16BrNO. The van der Waals surface area contributed by atoms with E-state index < -0.39 is 0 Å². The van der Waals surface area contributed by atoms with Crippen LogP contribution in [0.25, 0.3) is 0 Å². The molecule has 0 radical (unpaired) electrons. The van der Waals surface area contributed by atoms with Crippen LogP contribution in [0.5, 0.6) is 0 Å². The number of amides is 1. The van der Waals surface area contributed by atoms with Gasteiger partial charge in [0.1, 0.15) is 0 Å². The zero-order valence-electron chi connectivity index (χ0n) is 9.30. The van der Waals surface area contributed by atoms with Gasteiger partial charge in [-0.2, -0.15) is 0 Å². The predicted octanol–water partition coefficient (Wildman–Crippen LogP) is 2.95. The van der Waals surface area contributed by atoms with Crippen LogP contribution in [0.15, 0.2) is 24.3 Å². The van der Waals surface area contributed by atoms with Crippen molar-refractivity contribution >= 4 is 21.8 Å². The fourth-order valence-electron chi connectivity index (χ4n) is 1.52. The molecule has 0 fully saturated rings. The van der Waals surface area contributed by atoms with Gasteiger partial charge in [0.15, 0.2) is 0 Å².